The number of esters is 1. The van der Waals surface area contributed by atoms with E-state index in [0.717, 1.165) is 12.7 Å². The number of phosphoric acid groups is 1. The Morgan fingerprint density at radius 1 is 1.26 bits per heavy atom. The molecule has 1 aliphatic rings. The molecule has 1 aromatic rings. The van der Waals surface area contributed by atoms with Crippen LogP contribution in [0.15, 0.2) is 24.3 Å². The third kappa shape index (κ3) is 5.34. The van der Waals surface area contributed by atoms with Crippen LogP contribution in [0.4, 0.5) is 0 Å². The molecule has 1 fully saturated rings. The van der Waals surface area contributed by atoms with E-state index in [2.05, 4.69) is 4.52 Å². The molecular formula is C16H22O10P-. The Bertz CT molecular complexity index is 678. The summed E-state index contributed by atoms with van der Waals surface area (Å²) in [7, 11) is -2.69. The first-order valence-corrected chi connectivity index (χ1v) is 9.48. The monoisotopic (exact) mass is 405 g/mol. The zero-order chi connectivity index (χ0) is 20.2. The molecule has 0 saturated carbocycles. The third-order valence-corrected chi connectivity index (χ3v) is 4.98. The Labute approximate surface area is 156 Å². The number of phosphoric ester groups is 1. The van der Waals surface area contributed by atoms with Gasteiger partial charge in [-0.25, -0.2) is 4.79 Å². The van der Waals surface area contributed by atoms with Crippen molar-refractivity contribution in [2.45, 2.75) is 37.6 Å². The van der Waals surface area contributed by atoms with Crippen LogP contribution in [0.3, 0.4) is 0 Å². The van der Waals surface area contributed by atoms with Crippen LogP contribution in [-0.4, -0.2) is 67.7 Å². The van der Waals surface area contributed by atoms with Crippen molar-refractivity contribution in [3.8, 4) is 0 Å². The average Bonchev–Trinajstić information content (AvgIpc) is 2.65. The highest BCUT2D eigenvalue weighted by Gasteiger charge is 2.49. The van der Waals surface area contributed by atoms with Gasteiger partial charge in [-0.3, -0.25) is 4.57 Å². The SMILES string of the molecule is CO[C@@H]1O[C@H](CO)[C@H](O)[C@H](OC(=O)c2ccc(C)cc2)[C@@H]1OP(=O)([O-])OC. The number of ether oxygens (including phenoxy) is 3. The lowest BCUT2D eigenvalue weighted by molar-refractivity contribution is -0.304. The fraction of sp³-hybridized carbons (Fsp3) is 0.562. The fourth-order valence-electron chi connectivity index (χ4n) is 2.55. The standard InChI is InChI=1S/C16H23O10P/c1-9-4-6-10(7-5-9)15(19)25-13-12(18)11(8-17)24-16(22-2)14(13)26-27(20,21)23-3/h4-7,11-14,16-18H,8H2,1-3H3,(H,20,21)/p-1/t11-,12+,13+,14+,16-/m1/s1. The summed E-state index contributed by atoms with van der Waals surface area (Å²) in [6, 6.07) is 6.42. The molecule has 11 heteroatoms. The highest BCUT2D eigenvalue weighted by atomic mass is 31.2. The van der Waals surface area contributed by atoms with Gasteiger partial charge >= 0.3 is 5.97 Å². The molecule has 1 aliphatic heterocycles. The van der Waals surface area contributed by atoms with E-state index in [0.29, 0.717) is 0 Å². The maximum Gasteiger partial charge on any atom is 0.338 e. The number of hydrogen-bond acceptors (Lipinski definition) is 10. The lowest BCUT2D eigenvalue weighted by Gasteiger charge is -2.44. The largest absolute Gasteiger partial charge is 0.756 e. The summed E-state index contributed by atoms with van der Waals surface area (Å²) in [5, 5.41) is 19.8. The number of rotatable bonds is 7. The van der Waals surface area contributed by atoms with E-state index < -0.39 is 51.1 Å². The van der Waals surface area contributed by atoms with Gasteiger partial charge in [-0.1, -0.05) is 17.7 Å². The zero-order valence-electron chi connectivity index (χ0n) is 15.0. The molecule has 1 unspecified atom stereocenters. The Morgan fingerprint density at radius 2 is 1.89 bits per heavy atom. The maximum absolute atomic E-state index is 12.4. The number of aliphatic hydroxyl groups excluding tert-OH is 2. The average molecular weight is 405 g/mol. The van der Waals surface area contributed by atoms with Gasteiger partial charge in [-0.15, -0.1) is 0 Å². The van der Waals surface area contributed by atoms with Crippen molar-refractivity contribution in [1.82, 2.24) is 0 Å². The number of aliphatic hydroxyl groups is 2. The molecule has 0 radical (unpaired) electrons. The highest BCUT2D eigenvalue weighted by Crippen LogP contribution is 2.42. The van der Waals surface area contributed by atoms with Crippen LogP contribution >= 0.6 is 7.82 Å². The summed E-state index contributed by atoms with van der Waals surface area (Å²) < 4.78 is 36.5. The molecule has 1 heterocycles. The predicted octanol–water partition coefficient (Wildman–Crippen LogP) is -0.255. The Morgan fingerprint density at radius 3 is 2.41 bits per heavy atom. The van der Waals surface area contributed by atoms with Crippen LogP contribution in [0.5, 0.6) is 0 Å². The van der Waals surface area contributed by atoms with Crippen molar-refractivity contribution < 1.29 is 47.7 Å². The fourth-order valence-corrected chi connectivity index (χ4v) is 3.16. The summed E-state index contributed by atoms with van der Waals surface area (Å²) in [4.78, 5) is 24.2. The normalized spacial score (nSPS) is 30.5. The molecule has 152 valence electrons. The molecule has 2 rings (SSSR count). The second kappa shape index (κ2) is 9.22. The quantitative estimate of drug-likeness (QED) is 0.460. The molecule has 6 atom stereocenters. The van der Waals surface area contributed by atoms with Crippen LogP contribution in [0.25, 0.3) is 0 Å². The Kier molecular flexibility index (Phi) is 7.49. The van der Waals surface area contributed by atoms with Crippen LogP contribution in [0.2, 0.25) is 0 Å². The molecular weight excluding hydrogens is 383 g/mol. The van der Waals surface area contributed by atoms with Gasteiger partial charge in [0.05, 0.1) is 12.2 Å². The minimum absolute atomic E-state index is 0.185. The first-order chi connectivity index (χ1) is 12.7. The molecule has 10 nitrogen and oxygen atoms in total. The number of aryl methyl sites for hydroxylation is 1. The van der Waals surface area contributed by atoms with E-state index in [9.17, 15) is 24.5 Å². The number of methoxy groups -OCH3 is 1. The molecule has 0 aliphatic carbocycles. The van der Waals surface area contributed by atoms with E-state index in [-0.39, 0.29) is 5.56 Å². The zero-order valence-corrected chi connectivity index (χ0v) is 15.9. The number of hydrogen-bond donors (Lipinski definition) is 2. The molecule has 0 spiro atoms. The second-order valence-electron chi connectivity index (χ2n) is 5.89. The van der Waals surface area contributed by atoms with E-state index in [1.807, 2.05) is 6.92 Å². The van der Waals surface area contributed by atoms with Crippen LogP contribution in [0, 0.1) is 6.92 Å². The topological polar surface area (TPSA) is 144 Å². The van der Waals surface area contributed by atoms with Crippen molar-refractivity contribution >= 4 is 13.8 Å². The van der Waals surface area contributed by atoms with Gasteiger partial charge in [0.1, 0.15) is 12.2 Å². The second-order valence-corrected chi connectivity index (χ2v) is 7.36. The van der Waals surface area contributed by atoms with Gasteiger partial charge in [-0.2, -0.15) is 0 Å². The van der Waals surface area contributed by atoms with Gasteiger partial charge in [0.15, 0.2) is 18.5 Å². The first-order valence-electron chi connectivity index (χ1n) is 8.02. The third-order valence-electron chi connectivity index (χ3n) is 4.04. The molecule has 0 amide bonds. The predicted molar refractivity (Wildman–Crippen MR) is 88.6 cm³/mol. The number of benzene rings is 1. The van der Waals surface area contributed by atoms with Crippen LogP contribution in [-0.2, 0) is 27.8 Å². The smallest absolute Gasteiger partial charge is 0.338 e. The lowest BCUT2D eigenvalue weighted by Crippen LogP contribution is -2.61. The summed E-state index contributed by atoms with van der Waals surface area (Å²) >= 11 is 0. The van der Waals surface area contributed by atoms with Gasteiger partial charge in [-0.05, 0) is 19.1 Å². The van der Waals surface area contributed by atoms with Gasteiger partial charge in [0.25, 0.3) is 7.82 Å². The summed E-state index contributed by atoms with van der Waals surface area (Å²) in [6.07, 6.45) is -7.16. The summed E-state index contributed by atoms with van der Waals surface area (Å²) in [6.45, 7) is 1.22. The van der Waals surface area contributed by atoms with E-state index in [4.69, 9.17) is 18.7 Å². The van der Waals surface area contributed by atoms with Crippen molar-refractivity contribution in [1.29, 1.82) is 0 Å². The molecule has 2 N–H and O–H groups in total. The Balaban J connectivity index is 2.30. The molecule has 0 bridgehead atoms. The highest BCUT2D eigenvalue weighted by molar-refractivity contribution is 7.45. The number of carbonyl (C=O) groups excluding carboxylic acids is 1. The summed E-state index contributed by atoms with van der Waals surface area (Å²) in [5.74, 6) is -0.820. The van der Waals surface area contributed by atoms with Crippen molar-refractivity contribution in [3.05, 3.63) is 35.4 Å². The number of carbonyl (C=O) groups is 1. The van der Waals surface area contributed by atoms with Crippen LogP contribution in [0.1, 0.15) is 15.9 Å². The van der Waals surface area contributed by atoms with E-state index in [1.54, 1.807) is 12.1 Å². The molecule has 1 saturated heterocycles. The van der Waals surface area contributed by atoms with Gasteiger partial charge < -0.3 is 38.4 Å². The van der Waals surface area contributed by atoms with Crippen molar-refractivity contribution in [2.24, 2.45) is 0 Å². The molecule has 1 aromatic carbocycles. The first kappa shape index (κ1) is 21.9. The molecule has 27 heavy (non-hydrogen) atoms. The van der Waals surface area contributed by atoms with Gasteiger partial charge in [0, 0.05) is 14.2 Å². The van der Waals surface area contributed by atoms with E-state index >= 15 is 0 Å². The summed E-state index contributed by atoms with van der Waals surface area (Å²) in [5.41, 5.74) is 1.11. The minimum atomic E-state index is -4.78. The lowest BCUT2D eigenvalue weighted by atomic mass is 9.99. The van der Waals surface area contributed by atoms with Gasteiger partial charge in [0.2, 0.25) is 0 Å². The maximum atomic E-state index is 12.4. The minimum Gasteiger partial charge on any atom is -0.756 e. The molecule has 0 aromatic heterocycles. The van der Waals surface area contributed by atoms with E-state index in [1.165, 1.54) is 19.2 Å². The van der Waals surface area contributed by atoms with Crippen LogP contribution < -0.4 is 4.89 Å². The van der Waals surface area contributed by atoms with Crippen molar-refractivity contribution in [2.75, 3.05) is 20.8 Å². The Hall–Kier alpha value is -1.36. The van der Waals surface area contributed by atoms with Crippen molar-refractivity contribution in [3.63, 3.8) is 0 Å².